The first-order valence-electron chi connectivity index (χ1n) is 6.19. The molecule has 0 aliphatic rings. The summed E-state index contributed by atoms with van der Waals surface area (Å²) in [4.78, 5) is 11.7. The minimum atomic E-state index is -4.73. The van der Waals surface area contributed by atoms with Gasteiger partial charge in [-0.25, -0.2) is 0 Å². The zero-order chi connectivity index (χ0) is 15.2. The molecule has 1 aromatic carbocycles. The van der Waals surface area contributed by atoms with Gasteiger partial charge in [-0.05, 0) is 37.7 Å². The van der Waals surface area contributed by atoms with Crippen molar-refractivity contribution in [2.45, 2.75) is 26.3 Å². The Morgan fingerprint density at radius 1 is 1.30 bits per heavy atom. The number of halogens is 3. The number of alkyl halides is 3. The van der Waals surface area contributed by atoms with E-state index in [4.69, 9.17) is 0 Å². The molecular weight excluding hydrogens is 273 g/mol. The van der Waals surface area contributed by atoms with Crippen molar-refractivity contribution in [3.8, 4) is 5.75 Å². The summed E-state index contributed by atoms with van der Waals surface area (Å²) in [6.45, 7) is 5.11. The van der Waals surface area contributed by atoms with Gasteiger partial charge >= 0.3 is 6.36 Å². The Morgan fingerprint density at radius 2 is 1.90 bits per heavy atom. The highest BCUT2D eigenvalue weighted by Crippen LogP contribution is 2.22. The number of hydrogen-bond donors (Lipinski definition) is 2. The smallest absolute Gasteiger partial charge is 0.406 e. The number of hydrogen-bond acceptors (Lipinski definition) is 3. The lowest BCUT2D eigenvalue weighted by Gasteiger charge is -2.13. The van der Waals surface area contributed by atoms with Crippen molar-refractivity contribution in [1.82, 2.24) is 10.6 Å². The molecule has 0 aromatic heterocycles. The second kappa shape index (κ2) is 7.14. The van der Waals surface area contributed by atoms with Gasteiger partial charge in [-0.1, -0.05) is 6.92 Å². The maximum Gasteiger partial charge on any atom is 0.573 e. The van der Waals surface area contributed by atoms with Crippen LogP contribution in [0.5, 0.6) is 5.75 Å². The van der Waals surface area contributed by atoms with Crippen molar-refractivity contribution in [1.29, 1.82) is 0 Å². The van der Waals surface area contributed by atoms with Crippen LogP contribution in [0.2, 0.25) is 0 Å². The summed E-state index contributed by atoms with van der Waals surface area (Å²) in [5.74, 6) is -0.691. The molecule has 0 radical (unpaired) electrons. The molecule has 0 saturated heterocycles. The third-order valence-corrected chi connectivity index (χ3v) is 2.47. The largest absolute Gasteiger partial charge is 0.573 e. The topological polar surface area (TPSA) is 50.4 Å². The van der Waals surface area contributed by atoms with E-state index in [0.29, 0.717) is 6.54 Å². The molecule has 112 valence electrons. The molecule has 0 unspecified atom stereocenters. The van der Waals surface area contributed by atoms with Crippen molar-refractivity contribution in [3.05, 3.63) is 29.8 Å². The van der Waals surface area contributed by atoms with Crippen LogP contribution in [0.25, 0.3) is 0 Å². The molecule has 0 spiro atoms. The lowest BCUT2D eigenvalue weighted by molar-refractivity contribution is -0.274. The Bertz CT molecular complexity index is 432. The summed E-state index contributed by atoms with van der Waals surface area (Å²) in [5, 5.41) is 5.81. The first-order valence-corrected chi connectivity index (χ1v) is 6.19. The third-order valence-electron chi connectivity index (χ3n) is 2.47. The zero-order valence-corrected chi connectivity index (χ0v) is 11.3. The third kappa shape index (κ3) is 5.92. The summed E-state index contributed by atoms with van der Waals surface area (Å²) in [6.07, 6.45) is -4.73. The van der Waals surface area contributed by atoms with E-state index in [-0.39, 0.29) is 23.3 Å². The van der Waals surface area contributed by atoms with Gasteiger partial charge < -0.3 is 15.4 Å². The quantitative estimate of drug-likeness (QED) is 0.845. The van der Waals surface area contributed by atoms with Crippen molar-refractivity contribution in [3.63, 3.8) is 0 Å². The molecule has 0 fully saturated rings. The number of rotatable bonds is 6. The molecule has 7 heteroatoms. The van der Waals surface area contributed by atoms with Crippen molar-refractivity contribution >= 4 is 5.91 Å². The maximum absolute atomic E-state index is 12.0. The van der Waals surface area contributed by atoms with Crippen LogP contribution < -0.4 is 15.4 Å². The zero-order valence-electron chi connectivity index (χ0n) is 11.3. The molecule has 0 aliphatic carbocycles. The van der Waals surface area contributed by atoms with E-state index >= 15 is 0 Å². The highest BCUT2D eigenvalue weighted by atomic mass is 19.4. The van der Waals surface area contributed by atoms with Gasteiger partial charge in [-0.2, -0.15) is 0 Å². The highest BCUT2D eigenvalue weighted by molar-refractivity contribution is 5.94. The summed E-state index contributed by atoms with van der Waals surface area (Å²) in [7, 11) is 0. The van der Waals surface area contributed by atoms with Crippen LogP contribution in [0.4, 0.5) is 13.2 Å². The normalized spacial score (nSPS) is 12.8. The SMILES string of the molecule is CCN[C@H](C)CNC(=O)c1ccc(OC(F)(F)F)cc1. The van der Waals surface area contributed by atoms with Crippen LogP contribution in [-0.4, -0.2) is 31.4 Å². The molecule has 0 heterocycles. The first kappa shape index (κ1) is 16.3. The molecule has 1 rings (SSSR count). The lowest BCUT2D eigenvalue weighted by atomic mass is 10.2. The monoisotopic (exact) mass is 290 g/mol. The Morgan fingerprint density at radius 3 is 2.40 bits per heavy atom. The molecule has 0 bridgehead atoms. The average Bonchev–Trinajstić information content (AvgIpc) is 2.35. The summed E-state index contributed by atoms with van der Waals surface area (Å²) in [5.41, 5.74) is 0.281. The minimum absolute atomic E-state index is 0.122. The predicted octanol–water partition coefficient (Wildman–Crippen LogP) is 2.31. The molecule has 20 heavy (non-hydrogen) atoms. The van der Waals surface area contributed by atoms with E-state index < -0.39 is 6.36 Å². The Hall–Kier alpha value is -1.76. The van der Waals surface area contributed by atoms with E-state index in [1.807, 2.05) is 13.8 Å². The van der Waals surface area contributed by atoms with Gasteiger partial charge in [0.05, 0.1) is 0 Å². The van der Waals surface area contributed by atoms with Gasteiger partial charge in [-0.15, -0.1) is 13.2 Å². The van der Waals surface area contributed by atoms with E-state index in [9.17, 15) is 18.0 Å². The highest BCUT2D eigenvalue weighted by Gasteiger charge is 2.31. The number of carbonyl (C=O) groups excluding carboxylic acids is 1. The number of ether oxygens (including phenoxy) is 1. The van der Waals surface area contributed by atoms with E-state index in [2.05, 4.69) is 15.4 Å². The lowest BCUT2D eigenvalue weighted by Crippen LogP contribution is -2.38. The number of amides is 1. The van der Waals surface area contributed by atoms with Crippen LogP contribution >= 0.6 is 0 Å². The first-order chi connectivity index (χ1) is 9.31. The number of benzene rings is 1. The molecule has 1 atom stereocenters. The number of carbonyl (C=O) groups is 1. The van der Waals surface area contributed by atoms with E-state index in [1.54, 1.807) is 0 Å². The summed E-state index contributed by atoms with van der Waals surface area (Å²) < 4.78 is 39.6. The van der Waals surface area contributed by atoms with Gasteiger partial charge in [0.2, 0.25) is 0 Å². The Labute approximate surface area is 115 Å². The molecule has 0 saturated carbocycles. The second-order valence-corrected chi connectivity index (χ2v) is 4.24. The van der Waals surface area contributed by atoms with Crippen LogP contribution in [0, 0.1) is 0 Å². The van der Waals surface area contributed by atoms with Crippen LogP contribution in [0.15, 0.2) is 24.3 Å². The summed E-state index contributed by atoms with van der Waals surface area (Å²) >= 11 is 0. The Kier molecular flexibility index (Phi) is 5.82. The molecule has 1 amide bonds. The second-order valence-electron chi connectivity index (χ2n) is 4.24. The van der Waals surface area contributed by atoms with Crippen LogP contribution in [0.3, 0.4) is 0 Å². The maximum atomic E-state index is 12.0. The average molecular weight is 290 g/mol. The van der Waals surface area contributed by atoms with Crippen molar-refractivity contribution in [2.24, 2.45) is 0 Å². The Balaban J connectivity index is 2.53. The fourth-order valence-electron chi connectivity index (χ4n) is 1.58. The van der Waals surface area contributed by atoms with E-state index in [0.717, 1.165) is 18.7 Å². The van der Waals surface area contributed by atoms with Crippen LogP contribution in [-0.2, 0) is 0 Å². The van der Waals surface area contributed by atoms with E-state index in [1.165, 1.54) is 12.1 Å². The van der Waals surface area contributed by atoms with Gasteiger partial charge in [0.15, 0.2) is 0 Å². The fourth-order valence-corrected chi connectivity index (χ4v) is 1.58. The predicted molar refractivity (Wildman–Crippen MR) is 68.6 cm³/mol. The standard InChI is InChI=1S/C13H17F3N2O2/c1-3-17-9(2)8-18-12(19)10-4-6-11(7-5-10)20-13(14,15)16/h4-7,9,17H,3,8H2,1-2H3,(H,18,19)/t9-/m1/s1. The fraction of sp³-hybridized carbons (Fsp3) is 0.462. The van der Waals surface area contributed by atoms with Crippen molar-refractivity contribution in [2.75, 3.05) is 13.1 Å². The van der Waals surface area contributed by atoms with Crippen molar-refractivity contribution < 1.29 is 22.7 Å². The summed E-state index contributed by atoms with van der Waals surface area (Å²) in [6, 6.07) is 4.91. The van der Waals surface area contributed by atoms with Gasteiger partial charge in [-0.3, -0.25) is 4.79 Å². The number of nitrogens with one attached hydrogen (secondary N) is 2. The molecule has 4 nitrogen and oxygen atoms in total. The number of likely N-dealkylation sites (N-methyl/N-ethyl adjacent to an activating group) is 1. The van der Waals surface area contributed by atoms with Crippen LogP contribution in [0.1, 0.15) is 24.2 Å². The molecule has 2 N–H and O–H groups in total. The van der Waals surface area contributed by atoms with Gasteiger partial charge in [0.25, 0.3) is 5.91 Å². The minimum Gasteiger partial charge on any atom is -0.406 e. The molecular formula is C13H17F3N2O2. The van der Waals surface area contributed by atoms with Gasteiger partial charge in [0, 0.05) is 18.2 Å². The van der Waals surface area contributed by atoms with Gasteiger partial charge in [0.1, 0.15) is 5.75 Å². The molecule has 1 aromatic rings. The molecule has 0 aliphatic heterocycles.